The van der Waals surface area contributed by atoms with Gasteiger partial charge in [0.05, 0.1) is 11.9 Å². The molecule has 27 heavy (non-hydrogen) atoms. The van der Waals surface area contributed by atoms with Crippen LogP contribution in [0, 0.1) is 0 Å². The average molecular weight is 401 g/mol. The van der Waals surface area contributed by atoms with Gasteiger partial charge in [0.2, 0.25) is 0 Å². The molecule has 1 atom stereocenters. The first kappa shape index (κ1) is 18.3. The zero-order chi connectivity index (χ0) is 19.0. The van der Waals surface area contributed by atoms with E-state index in [4.69, 9.17) is 4.98 Å². The average Bonchev–Trinajstić information content (AvgIpc) is 3.04. The summed E-state index contributed by atoms with van der Waals surface area (Å²) in [4.78, 5) is 31.5. The number of aliphatic carboxylic acids is 1. The molecule has 3 aromatic rings. The molecule has 2 heterocycles. The van der Waals surface area contributed by atoms with Crippen LogP contribution in [-0.4, -0.2) is 25.9 Å². The molecule has 4 rings (SSSR count). The van der Waals surface area contributed by atoms with Crippen LogP contribution < -0.4 is 5.56 Å². The van der Waals surface area contributed by atoms with Gasteiger partial charge in [0.25, 0.3) is 5.56 Å². The maximum atomic E-state index is 13.4. The van der Waals surface area contributed by atoms with Crippen molar-refractivity contribution in [2.75, 3.05) is 0 Å². The van der Waals surface area contributed by atoms with Gasteiger partial charge in [-0.05, 0) is 43.7 Å². The summed E-state index contributed by atoms with van der Waals surface area (Å²) in [6, 6.07) is 9.74. The lowest BCUT2D eigenvalue weighted by Crippen LogP contribution is -2.25. The molecule has 0 amide bonds. The molecule has 0 spiro atoms. The van der Waals surface area contributed by atoms with Gasteiger partial charge in [-0.3, -0.25) is 14.2 Å². The van der Waals surface area contributed by atoms with Crippen molar-refractivity contribution in [2.45, 2.75) is 49.6 Å². The Morgan fingerprint density at radius 3 is 2.78 bits per heavy atom. The highest BCUT2D eigenvalue weighted by molar-refractivity contribution is 8.00. The van der Waals surface area contributed by atoms with Crippen LogP contribution in [0.2, 0.25) is 0 Å². The third kappa shape index (κ3) is 3.53. The van der Waals surface area contributed by atoms with E-state index in [0.29, 0.717) is 11.7 Å². The van der Waals surface area contributed by atoms with E-state index in [1.54, 1.807) is 22.8 Å². The first-order valence-electron chi connectivity index (χ1n) is 9.03. The molecular formula is C20H20N2O3S2. The van der Waals surface area contributed by atoms with E-state index in [9.17, 15) is 14.7 Å². The number of nitrogens with zero attached hydrogens (tertiary/aromatic N) is 2. The molecule has 1 aliphatic carbocycles. The van der Waals surface area contributed by atoms with Crippen molar-refractivity contribution in [1.29, 1.82) is 0 Å². The van der Waals surface area contributed by atoms with Gasteiger partial charge < -0.3 is 5.11 Å². The molecule has 2 aromatic heterocycles. The first-order chi connectivity index (χ1) is 13.0. The van der Waals surface area contributed by atoms with Crippen molar-refractivity contribution in [1.82, 2.24) is 9.55 Å². The van der Waals surface area contributed by atoms with E-state index in [2.05, 4.69) is 0 Å². The van der Waals surface area contributed by atoms with E-state index in [0.717, 1.165) is 58.8 Å². The van der Waals surface area contributed by atoms with E-state index in [1.807, 2.05) is 30.3 Å². The maximum Gasteiger partial charge on any atom is 0.316 e. The lowest BCUT2D eigenvalue weighted by molar-refractivity contribution is -0.136. The fraction of sp³-hybridized carbons (Fsp3) is 0.350. The lowest BCUT2D eigenvalue weighted by Gasteiger charge is -2.15. The van der Waals surface area contributed by atoms with E-state index < -0.39 is 11.2 Å². The van der Waals surface area contributed by atoms with Gasteiger partial charge in [0, 0.05) is 4.88 Å². The number of carbonyl (C=O) groups is 1. The summed E-state index contributed by atoms with van der Waals surface area (Å²) in [7, 11) is 0. The number of hydrogen-bond acceptors (Lipinski definition) is 5. The second kappa shape index (κ2) is 7.48. The maximum absolute atomic E-state index is 13.4. The molecule has 1 aliphatic rings. The van der Waals surface area contributed by atoms with Crippen LogP contribution in [0.25, 0.3) is 10.2 Å². The van der Waals surface area contributed by atoms with Crippen LogP contribution in [0.5, 0.6) is 0 Å². The highest BCUT2D eigenvalue weighted by Crippen LogP contribution is 2.35. The number of thioether (sulfide) groups is 1. The molecular weight excluding hydrogens is 380 g/mol. The summed E-state index contributed by atoms with van der Waals surface area (Å²) in [6.07, 6.45) is 4.18. The largest absolute Gasteiger partial charge is 0.480 e. The molecule has 0 fully saturated rings. The second-order valence-electron chi connectivity index (χ2n) is 6.76. The molecule has 0 radical (unpaired) electrons. The van der Waals surface area contributed by atoms with Gasteiger partial charge in [-0.2, -0.15) is 0 Å². The minimum Gasteiger partial charge on any atom is -0.480 e. The summed E-state index contributed by atoms with van der Waals surface area (Å²) < 4.78 is 1.64. The van der Waals surface area contributed by atoms with Gasteiger partial charge in [-0.25, -0.2) is 4.98 Å². The van der Waals surface area contributed by atoms with Crippen molar-refractivity contribution in [2.24, 2.45) is 0 Å². The monoisotopic (exact) mass is 400 g/mol. The van der Waals surface area contributed by atoms with Gasteiger partial charge in [0.15, 0.2) is 5.16 Å². The van der Waals surface area contributed by atoms with Crippen LogP contribution in [0.4, 0.5) is 0 Å². The number of rotatable bonds is 5. The van der Waals surface area contributed by atoms with Crippen LogP contribution >= 0.6 is 23.1 Å². The van der Waals surface area contributed by atoms with E-state index >= 15 is 0 Å². The number of aromatic nitrogens is 2. The Morgan fingerprint density at radius 2 is 2.04 bits per heavy atom. The molecule has 0 unspecified atom stereocenters. The number of carboxylic acids is 1. The molecule has 5 nitrogen and oxygen atoms in total. The van der Waals surface area contributed by atoms with Crippen LogP contribution in [0.3, 0.4) is 0 Å². The van der Waals surface area contributed by atoms with Crippen LogP contribution in [0.1, 0.15) is 35.8 Å². The van der Waals surface area contributed by atoms with Crippen molar-refractivity contribution < 1.29 is 9.90 Å². The van der Waals surface area contributed by atoms with Gasteiger partial charge in [-0.15, -0.1) is 11.3 Å². The standard InChI is InChI=1S/C20H20N2O3S2/c1-12(19(24)25)26-20-21-17-16(14-9-5-6-10-15(14)27-17)18(23)22(20)11-13-7-3-2-4-8-13/h2-4,7-8,12H,5-6,9-11H2,1H3,(H,24,25)/t12-/m1/s1. The molecule has 0 saturated carbocycles. The molecule has 7 heteroatoms. The Balaban J connectivity index is 1.89. The van der Waals surface area contributed by atoms with Crippen molar-refractivity contribution in [3.05, 3.63) is 56.7 Å². The molecule has 0 bridgehead atoms. The molecule has 140 valence electrons. The van der Waals surface area contributed by atoms with Gasteiger partial charge in [0.1, 0.15) is 10.1 Å². The fourth-order valence-electron chi connectivity index (χ4n) is 3.42. The summed E-state index contributed by atoms with van der Waals surface area (Å²) in [6.45, 7) is 2.01. The highest BCUT2D eigenvalue weighted by Gasteiger charge is 2.24. The number of aryl methyl sites for hydroxylation is 2. The lowest BCUT2D eigenvalue weighted by atomic mass is 9.97. The zero-order valence-corrected chi connectivity index (χ0v) is 16.6. The molecule has 1 N–H and O–H groups in total. The summed E-state index contributed by atoms with van der Waals surface area (Å²) in [5, 5.41) is 9.84. The molecule has 0 aliphatic heterocycles. The molecule has 0 saturated heterocycles. The van der Waals surface area contributed by atoms with Crippen molar-refractivity contribution >= 4 is 39.3 Å². The normalized spacial score (nSPS) is 14.9. The SMILES string of the molecule is C[C@@H](Sc1nc2sc3c(c2c(=O)n1Cc1ccccc1)CCCC3)C(=O)O. The summed E-state index contributed by atoms with van der Waals surface area (Å²) >= 11 is 2.72. The van der Waals surface area contributed by atoms with Crippen molar-refractivity contribution in [3.63, 3.8) is 0 Å². The summed E-state index contributed by atoms with van der Waals surface area (Å²) in [5.74, 6) is -0.911. The quantitative estimate of drug-likeness (QED) is 0.519. The van der Waals surface area contributed by atoms with Crippen molar-refractivity contribution in [3.8, 4) is 0 Å². The number of benzene rings is 1. The van der Waals surface area contributed by atoms with E-state index in [1.165, 1.54) is 4.88 Å². The Kier molecular flexibility index (Phi) is 5.06. The fourth-order valence-corrected chi connectivity index (χ4v) is 5.57. The minimum absolute atomic E-state index is 0.0525. The van der Waals surface area contributed by atoms with Gasteiger partial charge in [-0.1, -0.05) is 42.1 Å². The second-order valence-corrected chi connectivity index (χ2v) is 9.15. The third-order valence-corrected chi connectivity index (χ3v) is 7.12. The minimum atomic E-state index is -0.911. The highest BCUT2D eigenvalue weighted by atomic mass is 32.2. The summed E-state index contributed by atoms with van der Waals surface area (Å²) in [5.41, 5.74) is 2.10. The number of thiophene rings is 1. The van der Waals surface area contributed by atoms with Crippen LogP contribution in [0.15, 0.2) is 40.3 Å². The smallest absolute Gasteiger partial charge is 0.316 e. The first-order valence-corrected chi connectivity index (χ1v) is 10.7. The van der Waals surface area contributed by atoms with Gasteiger partial charge >= 0.3 is 5.97 Å². The Morgan fingerprint density at radius 1 is 1.30 bits per heavy atom. The Labute approximate surface area is 165 Å². The van der Waals surface area contributed by atoms with E-state index in [-0.39, 0.29) is 5.56 Å². The number of fused-ring (bicyclic) bond motifs is 3. The number of hydrogen-bond donors (Lipinski definition) is 1. The Hall–Kier alpha value is -2.12. The predicted molar refractivity (Wildman–Crippen MR) is 109 cm³/mol. The third-order valence-electron chi connectivity index (χ3n) is 4.85. The van der Waals surface area contributed by atoms with Crippen LogP contribution in [-0.2, 0) is 24.2 Å². The predicted octanol–water partition coefficient (Wildman–Crippen LogP) is 3.95. The zero-order valence-electron chi connectivity index (χ0n) is 15.0. The number of carboxylic acid groups (broad SMARTS) is 1. The Bertz CT molecular complexity index is 1060. The molecule has 1 aromatic carbocycles. The topological polar surface area (TPSA) is 72.2 Å².